The van der Waals surface area contributed by atoms with E-state index in [2.05, 4.69) is 48.9 Å². The molecule has 1 unspecified atom stereocenters. The fourth-order valence-corrected chi connectivity index (χ4v) is 4.27. The highest BCUT2D eigenvalue weighted by molar-refractivity contribution is 5.92. The number of hydrogen-bond acceptors (Lipinski definition) is 2. The zero-order valence-corrected chi connectivity index (χ0v) is 19.1. The minimum Gasteiger partial charge on any atom is -0.343 e. The summed E-state index contributed by atoms with van der Waals surface area (Å²) >= 11 is 0. The van der Waals surface area contributed by atoms with Gasteiger partial charge in [-0.25, -0.2) is 4.98 Å². The van der Waals surface area contributed by atoms with Crippen LogP contribution in [0, 0.1) is 20.8 Å². The number of carbonyl (C=O) groups is 1. The van der Waals surface area contributed by atoms with Gasteiger partial charge in [0.05, 0.1) is 17.1 Å². The van der Waals surface area contributed by atoms with Gasteiger partial charge in [-0.3, -0.25) is 4.79 Å². The predicted molar refractivity (Wildman–Crippen MR) is 132 cm³/mol. The Morgan fingerprint density at radius 3 is 2.38 bits per heavy atom. The summed E-state index contributed by atoms with van der Waals surface area (Å²) in [6, 6.07) is 22.2. The molecule has 0 saturated carbocycles. The number of nitrogens with one attached hydrogen (secondary N) is 1. The third-order valence-electron chi connectivity index (χ3n) is 5.81. The SMILES string of the molecule is Cc1cc(C)c(Cn2c(C(C)NC(=O)/C=C\c3ccccc3)nc3ccccc32)c(C)c1. The van der Waals surface area contributed by atoms with Gasteiger partial charge in [0.2, 0.25) is 5.91 Å². The Balaban J connectivity index is 1.64. The number of fused-ring (bicyclic) bond motifs is 1. The van der Waals surface area contributed by atoms with Crippen molar-refractivity contribution >= 4 is 23.0 Å². The lowest BCUT2D eigenvalue weighted by atomic mass is 9.99. The van der Waals surface area contributed by atoms with Crippen LogP contribution in [-0.2, 0) is 11.3 Å². The van der Waals surface area contributed by atoms with Crippen molar-refractivity contribution in [2.45, 2.75) is 40.3 Å². The van der Waals surface area contributed by atoms with Gasteiger partial charge < -0.3 is 9.88 Å². The van der Waals surface area contributed by atoms with E-state index in [1.165, 1.54) is 22.3 Å². The molecule has 1 aromatic heterocycles. The van der Waals surface area contributed by atoms with Gasteiger partial charge in [-0.05, 0) is 68.2 Å². The summed E-state index contributed by atoms with van der Waals surface area (Å²) in [4.78, 5) is 17.5. The lowest BCUT2D eigenvalue weighted by molar-refractivity contribution is -0.117. The summed E-state index contributed by atoms with van der Waals surface area (Å²) in [5.74, 6) is 0.717. The second-order valence-electron chi connectivity index (χ2n) is 8.40. The van der Waals surface area contributed by atoms with Crippen LogP contribution < -0.4 is 5.32 Å². The number of carbonyl (C=O) groups excluding carboxylic acids is 1. The summed E-state index contributed by atoms with van der Waals surface area (Å²) in [7, 11) is 0. The van der Waals surface area contributed by atoms with E-state index in [1.807, 2.05) is 61.5 Å². The zero-order valence-electron chi connectivity index (χ0n) is 19.1. The summed E-state index contributed by atoms with van der Waals surface area (Å²) in [6.07, 6.45) is 3.40. The standard InChI is InChI=1S/C28H29N3O/c1-19-16-20(2)24(21(3)17-19)18-31-26-13-9-8-12-25(26)30-28(31)22(4)29-27(32)15-14-23-10-6-5-7-11-23/h5-17,22H,18H2,1-4H3,(H,29,32)/b15-14-. The van der Waals surface area contributed by atoms with Crippen molar-refractivity contribution in [3.8, 4) is 0 Å². The third kappa shape index (κ3) is 4.65. The zero-order chi connectivity index (χ0) is 22.7. The average molecular weight is 424 g/mol. The Kier molecular flexibility index (Phi) is 6.22. The molecule has 0 spiro atoms. The Morgan fingerprint density at radius 1 is 1.00 bits per heavy atom. The van der Waals surface area contributed by atoms with E-state index in [0.29, 0.717) is 6.54 Å². The molecule has 0 aliphatic heterocycles. The second kappa shape index (κ2) is 9.23. The lowest BCUT2D eigenvalue weighted by Crippen LogP contribution is -2.27. The molecule has 1 N–H and O–H groups in total. The maximum Gasteiger partial charge on any atom is 0.244 e. The van der Waals surface area contributed by atoms with Gasteiger partial charge in [0.1, 0.15) is 5.82 Å². The Morgan fingerprint density at radius 2 is 1.66 bits per heavy atom. The summed E-state index contributed by atoms with van der Waals surface area (Å²) < 4.78 is 2.23. The van der Waals surface area contributed by atoms with E-state index in [4.69, 9.17) is 4.98 Å². The molecular formula is C28H29N3O. The first kappa shape index (κ1) is 21.6. The normalized spacial score (nSPS) is 12.4. The number of aromatic nitrogens is 2. The Labute approximate surface area is 189 Å². The molecule has 1 amide bonds. The van der Waals surface area contributed by atoms with E-state index < -0.39 is 0 Å². The van der Waals surface area contributed by atoms with Crippen LogP contribution in [0.5, 0.6) is 0 Å². The molecule has 1 atom stereocenters. The van der Waals surface area contributed by atoms with Crippen molar-refractivity contribution in [3.05, 3.63) is 106 Å². The van der Waals surface area contributed by atoms with Crippen molar-refractivity contribution in [1.82, 2.24) is 14.9 Å². The van der Waals surface area contributed by atoms with Crippen molar-refractivity contribution in [2.75, 3.05) is 0 Å². The predicted octanol–water partition coefficient (Wildman–Crippen LogP) is 5.90. The number of hydrogen-bond donors (Lipinski definition) is 1. The van der Waals surface area contributed by atoms with E-state index in [9.17, 15) is 4.79 Å². The molecule has 0 aliphatic rings. The number of rotatable bonds is 6. The quantitative estimate of drug-likeness (QED) is 0.393. The van der Waals surface area contributed by atoms with Crippen LogP contribution >= 0.6 is 0 Å². The molecule has 4 aromatic rings. The van der Waals surface area contributed by atoms with Crippen LogP contribution in [0.4, 0.5) is 0 Å². The van der Waals surface area contributed by atoms with Crippen molar-refractivity contribution < 1.29 is 4.79 Å². The highest BCUT2D eigenvalue weighted by atomic mass is 16.1. The largest absolute Gasteiger partial charge is 0.343 e. The molecule has 162 valence electrons. The van der Waals surface area contributed by atoms with Crippen molar-refractivity contribution in [3.63, 3.8) is 0 Å². The van der Waals surface area contributed by atoms with Crippen LogP contribution in [0.1, 0.15) is 46.6 Å². The summed E-state index contributed by atoms with van der Waals surface area (Å²) in [5, 5.41) is 3.08. The van der Waals surface area contributed by atoms with Gasteiger partial charge in [-0.15, -0.1) is 0 Å². The molecule has 3 aromatic carbocycles. The first-order valence-corrected chi connectivity index (χ1v) is 11.0. The van der Waals surface area contributed by atoms with Gasteiger partial charge >= 0.3 is 0 Å². The second-order valence-corrected chi connectivity index (χ2v) is 8.40. The number of benzene rings is 3. The Bertz CT molecular complexity index is 1260. The summed E-state index contributed by atoms with van der Waals surface area (Å²) in [6.45, 7) is 9.15. The van der Waals surface area contributed by atoms with Crippen molar-refractivity contribution in [2.24, 2.45) is 0 Å². The molecule has 1 heterocycles. The molecule has 0 bridgehead atoms. The third-order valence-corrected chi connectivity index (χ3v) is 5.81. The van der Waals surface area contributed by atoms with Gasteiger partial charge in [-0.2, -0.15) is 0 Å². The van der Waals surface area contributed by atoms with E-state index >= 15 is 0 Å². The summed E-state index contributed by atoms with van der Waals surface area (Å²) in [5.41, 5.74) is 8.11. The number of amides is 1. The van der Waals surface area contributed by atoms with Crippen LogP contribution in [-0.4, -0.2) is 15.5 Å². The van der Waals surface area contributed by atoms with E-state index in [1.54, 1.807) is 6.08 Å². The molecule has 4 rings (SSSR count). The van der Waals surface area contributed by atoms with Crippen LogP contribution in [0.15, 0.2) is 72.8 Å². The lowest BCUT2D eigenvalue weighted by Gasteiger charge is -2.18. The van der Waals surface area contributed by atoms with Gasteiger partial charge in [-0.1, -0.05) is 60.2 Å². The van der Waals surface area contributed by atoms with Gasteiger partial charge in [0.15, 0.2) is 0 Å². The van der Waals surface area contributed by atoms with Crippen LogP contribution in [0.25, 0.3) is 17.1 Å². The smallest absolute Gasteiger partial charge is 0.244 e. The molecule has 0 radical (unpaired) electrons. The van der Waals surface area contributed by atoms with Gasteiger partial charge in [0, 0.05) is 12.6 Å². The molecule has 4 nitrogen and oxygen atoms in total. The van der Waals surface area contributed by atoms with Crippen LogP contribution in [0.2, 0.25) is 0 Å². The minimum atomic E-state index is -0.235. The number of imidazole rings is 1. The van der Waals surface area contributed by atoms with Gasteiger partial charge in [0.25, 0.3) is 0 Å². The first-order valence-electron chi connectivity index (χ1n) is 11.0. The monoisotopic (exact) mass is 423 g/mol. The van der Waals surface area contributed by atoms with Crippen molar-refractivity contribution in [1.29, 1.82) is 0 Å². The van der Waals surface area contributed by atoms with E-state index in [-0.39, 0.29) is 11.9 Å². The topological polar surface area (TPSA) is 46.9 Å². The Hall–Kier alpha value is -3.66. The molecule has 0 fully saturated rings. The molecule has 0 aliphatic carbocycles. The maximum absolute atomic E-state index is 12.6. The molecule has 0 saturated heterocycles. The number of nitrogens with zero attached hydrogens (tertiary/aromatic N) is 2. The minimum absolute atomic E-state index is 0.136. The molecule has 32 heavy (non-hydrogen) atoms. The number of para-hydroxylation sites is 2. The van der Waals surface area contributed by atoms with Crippen LogP contribution in [0.3, 0.4) is 0 Å². The fraction of sp³-hybridized carbons (Fsp3) is 0.214. The number of aryl methyl sites for hydroxylation is 3. The molecular weight excluding hydrogens is 394 g/mol. The maximum atomic E-state index is 12.6. The average Bonchev–Trinajstić information content (AvgIpc) is 3.14. The fourth-order valence-electron chi connectivity index (χ4n) is 4.27. The molecule has 4 heteroatoms. The highest BCUT2D eigenvalue weighted by Crippen LogP contribution is 2.25. The van der Waals surface area contributed by atoms with E-state index in [0.717, 1.165) is 22.4 Å². The first-order chi connectivity index (χ1) is 15.4. The highest BCUT2D eigenvalue weighted by Gasteiger charge is 2.19.